The number of anilines is 4. The van der Waals surface area contributed by atoms with Gasteiger partial charge in [0.1, 0.15) is 40.1 Å². The van der Waals surface area contributed by atoms with E-state index in [0.29, 0.717) is 34.4 Å². The molecular formula is C51H46ClF7N10O8. The number of hydrazine groups is 2. The lowest BCUT2D eigenvalue weighted by Crippen LogP contribution is -2.45. The fourth-order valence-electron chi connectivity index (χ4n) is 7.84. The van der Waals surface area contributed by atoms with E-state index in [0.717, 1.165) is 95.0 Å². The zero-order valence-electron chi connectivity index (χ0n) is 40.2. The summed E-state index contributed by atoms with van der Waals surface area (Å²) in [5.74, 6) is -0.0826. The number of benzene rings is 4. The van der Waals surface area contributed by atoms with Gasteiger partial charge in [0.15, 0.2) is 0 Å². The molecule has 0 saturated carbocycles. The molecule has 0 unspecified atom stereocenters. The molecule has 0 bridgehead atoms. The maximum absolute atomic E-state index is 14.0. The number of hydrogen-bond donors (Lipinski definition) is 6. The molecule has 9 rings (SSSR count). The molecule has 404 valence electrons. The predicted molar refractivity (Wildman–Crippen MR) is 266 cm³/mol. The van der Waals surface area contributed by atoms with Gasteiger partial charge in [-0.1, -0.05) is 36.6 Å². The van der Waals surface area contributed by atoms with Crippen LogP contribution in [0, 0.1) is 0 Å². The maximum Gasteiger partial charge on any atom is 0.540 e. The molecule has 0 spiro atoms. The van der Waals surface area contributed by atoms with Crippen LogP contribution in [0.3, 0.4) is 0 Å². The summed E-state index contributed by atoms with van der Waals surface area (Å²) in [6, 6.07) is 23.1. The smallest absolute Gasteiger partial charge is 0.457 e. The largest absolute Gasteiger partial charge is 0.540 e. The molecule has 3 aliphatic heterocycles. The van der Waals surface area contributed by atoms with Gasteiger partial charge in [-0.25, -0.2) is 24.3 Å². The van der Waals surface area contributed by atoms with Gasteiger partial charge in [0.2, 0.25) is 0 Å². The standard InChI is InChI=1S/C26H23F4N5O5.C25H23ClF3N5O3/c27-25(28)20-14-17(7-8-22(20)39-26(29,30)40-25)33-24(37)32-16-5-4-6-18(13-16)38-19-9-10-31-21(15-19)23(36)34-35-11-2-1-3-12-35;26-21-8-7-17(14-20(21)25(27,28)29)32-24(36)31-16-5-4-6-18(13-16)37-19-9-10-30-22(15-19)23(35)33-34-11-2-1-3-12-34/h4-10,13-15H,1-3,11-12H2,(H,34,36)(H2,32,33,37);4-10,13-15H,1-3,11-12H2,(H,33,35)(H2,31,32,36). The summed E-state index contributed by atoms with van der Waals surface area (Å²) < 4.78 is 113. The summed E-state index contributed by atoms with van der Waals surface area (Å²) in [5.41, 5.74) is 4.46. The topological polar surface area (TPSA) is 210 Å². The van der Waals surface area contributed by atoms with Crippen LogP contribution < -0.4 is 46.3 Å². The summed E-state index contributed by atoms with van der Waals surface area (Å²) in [4.78, 5) is 58.1. The second-order valence-corrected chi connectivity index (χ2v) is 17.6. The molecule has 4 aromatic carbocycles. The summed E-state index contributed by atoms with van der Waals surface area (Å²) in [7, 11) is 0. The quantitative estimate of drug-likeness (QED) is 0.0633. The molecule has 3 aliphatic rings. The highest BCUT2D eigenvalue weighted by Crippen LogP contribution is 2.47. The van der Waals surface area contributed by atoms with Crippen molar-refractivity contribution in [3.8, 4) is 28.7 Å². The van der Waals surface area contributed by atoms with Crippen molar-refractivity contribution in [2.24, 2.45) is 0 Å². The second-order valence-electron chi connectivity index (χ2n) is 17.2. The van der Waals surface area contributed by atoms with Crippen LogP contribution in [0.4, 0.5) is 63.1 Å². The van der Waals surface area contributed by atoms with Crippen LogP contribution in [0.1, 0.15) is 70.6 Å². The minimum Gasteiger partial charge on any atom is -0.457 e. The number of fused-ring (bicyclic) bond motifs is 1. The first kappa shape index (κ1) is 55.0. The molecule has 26 heteroatoms. The summed E-state index contributed by atoms with van der Waals surface area (Å²) in [5, 5.41) is 13.0. The van der Waals surface area contributed by atoms with Crippen LogP contribution in [0.2, 0.25) is 5.02 Å². The van der Waals surface area contributed by atoms with Crippen molar-refractivity contribution in [1.29, 1.82) is 0 Å². The van der Waals surface area contributed by atoms with Crippen LogP contribution in [0.15, 0.2) is 122 Å². The third-order valence-corrected chi connectivity index (χ3v) is 11.7. The van der Waals surface area contributed by atoms with Gasteiger partial charge in [0.05, 0.1) is 16.1 Å². The van der Waals surface area contributed by atoms with E-state index in [1.54, 1.807) is 48.5 Å². The Morgan fingerprint density at radius 2 is 1.00 bits per heavy atom. The molecule has 2 aromatic heterocycles. The lowest BCUT2D eigenvalue weighted by atomic mass is 10.1. The van der Waals surface area contributed by atoms with Crippen LogP contribution in [0.5, 0.6) is 28.7 Å². The number of carbonyl (C=O) groups is 4. The number of aromatic nitrogens is 2. The Balaban J connectivity index is 0.000000204. The third-order valence-electron chi connectivity index (χ3n) is 11.4. The molecular weight excluding hydrogens is 1050 g/mol. The van der Waals surface area contributed by atoms with Crippen LogP contribution in [0.25, 0.3) is 0 Å². The normalized spacial score (nSPS) is 15.9. The van der Waals surface area contributed by atoms with E-state index in [2.05, 4.69) is 51.6 Å². The van der Waals surface area contributed by atoms with Crippen molar-refractivity contribution in [3.63, 3.8) is 0 Å². The second kappa shape index (κ2) is 24.2. The SMILES string of the molecule is O=C(Nc1cccc(Oc2ccnc(C(=O)NN3CCCCC3)c2)c1)Nc1ccc(Cl)c(C(F)(F)F)c1.O=C(Nc1cccc(Oc2ccnc(C(=O)NN3CCCCC3)c2)c1)Nc1ccc2c(c1)C(F)(F)OC(F)(F)O2. The third kappa shape index (κ3) is 15.7. The molecule has 0 radical (unpaired) electrons. The number of halogens is 8. The highest BCUT2D eigenvalue weighted by Gasteiger charge is 2.54. The number of hydrogen-bond acceptors (Lipinski definition) is 12. The van der Waals surface area contributed by atoms with Gasteiger partial charge in [-0.05, 0) is 98.5 Å². The van der Waals surface area contributed by atoms with E-state index in [-0.39, 0.29) is 34.6 Å². The summed E-state index contributed by atoms with van der Waals surface area (Å²) in [6.45, 7) is 3.12. The molecule has 18 nitrogen and oxygen atoms in total. The fourth-order valence-corrected chi connectivity index (χ4v) is 8.07. The van der Waals surface area contributed by atoms with Crippen molar-refractivity contribution < 1.29 is 68.9 Å². The van der Waals surface area contributed by atoms with Crippen molar-refractivity contribution in [3.05, 3.63) is 149 Å². The van der Waals surface area contributed by atoms with E-state index in [4.69, 9.17) is 21.1 Å². The number of urea groups is 2. The lowest BCUT2D eigenvalue weighted by Gasteiger charge is -2.30. The summed E-state index contributed by atoms with van der Waals surface area (Å²) in [6.07, 6.45) is -4.26. The average molecular weight is 1100 g/mol. The fraction of sp³-hybridized carbons (Fsp3) is 0.255. The number of ether oxygens (including phenoxy) is 4. The molecule has 0 aliphatic carbocycles. The first-order valence-corrected chi connectivity index (χ1v) is 24.0. The number of pyridine rings is 2. The minimum absolute atomic E-state index is 0.0752. The molecule has 6 N–H and O–H groups in total. The Morgan fingerprint density at radius 3 is 1.48 bits per heavy atom. The van der Waals surface area contributed by atoms with Crippen molar-refractivity contribution >= 4 is 58.2 Å². The number of carbonyl (C=O) groups excluding carboxylic acids is 4. The number of rotatable bonds is 12. The first-order valence-electron chi connectivity index (χ1n) is 23.7. The van der Waals surface area contributed by atoms with Gasteiger partial charge in [-0.3, -0.25) is 30.4 Å². The van der Waals surface area contributed by atoms with Crippen molar-refractivity contribution in [2.75, 3.05) is 47.4 Å². The van der Waals surface area contributed by atoms with Crippen molar-refractivity contribution in [2.45, 2.75) is 57.1 Å². The molecule has 6 amide bonds. The van der Waals surface area contributed by atoms with Gasteiger partial charge in [0.25, 0.3) is 11.8 Å². The highest BCUT2D eigenvalue weighted by atomic mass is 35.5. The zero-order valence-corrected chi connectivity index (χ0v) is 41.0. The average Bonchev–Trinajstić information content (AvgIpc) is 3.39. The Labute approximate surface area is 439 Å². The van der Waals surface area contributed by atoms with Crippen LogP contribution in [-0.2, 0) is 17.0 Å². The van der Waals surface area contributed by atoms with Crippen molar-refractivity contribution in [1.82, 2.24) is 30.8 Å². The minimum atomic E-state index is -4.65. The van der Waals surface area contributed by atoms with Gasteiger partial charge in [-0.15, -0.1) is 8.78 Å². The first-order chi connectivity index (χ1) is 36.7. The molecule has 5 heterocycles. The molecule has 6 aromatic rings. The molecule has 2 fully saturated rings. The number of amides is 6. The lowest BCUT2D eigenvalue weighted by molar-refractivity contribution is -0.461. The van der Waals surface area contributed by atoms with Crippen LogP contribution >= 0.6 is 11.6 Å². The van der Waals surface area contributed by atoms with E-state index in [9.17, 15) is 49.9 Å². The highest BCUT2D eigenvalue weighted by molar-refractivity contribution is 6.31. The predicted octanol–water partition coefficient (Wildman–Crippen LogP) is 12.0. The van der Waals surface area contributed by atoms with E-state index in [1.807, 2.05) is 10.0 Å². The Hall–Kier alpha value is -8.26. The Bertz CT molecular complexity index is 3110. The number of nitrogens with one attached hydrogen (secondary N) is 6. The maximum atomic E-state index is 14.0. The Kier molecular flexibility index (Phi) is 17.3. The zero-order chi connectivity index (χ0) is 54.7. The van der Waals surface area contributed by atoms with E-state index in [1.165, 1.54) is 42.7 Å². The van der Waals surface area contributed by atoms with Gasteiger partial charge in [-0.2, -0.15) is 22.0 Å². The van der Waals surface area contributed by atoms with E-state index < -0.39 is 52.5 Å². The van der Waals surface area contributed by atoms with E-state index >= 15 is 0 Å². The molecule has 77 heavy (non-hydrogen) atoms. The monoisotopic (exact) mass is 1090 g/mol. The molecule has 0 atom stereocenters. The molecule has 2 saturated heterocycles. The number of alkyl halides is 7. The number of piperidine rings is 2. The van der Waals surface area contributed by atoms with Gasteiger partial charge in [0, 0.05) is 85.6 Å². The number of nitrogens with zero attached hydrogens (tertiary/aromatic N) is 4. The van der Waals surface area contributed by atoms with Crippen LogP contribution in [-0.4, -0.2) is 76.3 Å². The summed E-state index contributed by atoms with van der Waals surface area (Å²) >= 11 is 5.61. The van der Waals surface area contributed by atoms with Gasteiger partial charge < -0.3 is 35.5 Å². The Morgan fingerprint density at radius 1 is 0.558 bits per heavy atom. The van der Waals surface area contributed by atoms with Gasteiger partial charge >= 0.3 is 30.6 Å².